The van der Waals surface area contributed by atoms with Crippen LogP contribution in [-0.4, -0.2) is 26.4 Å². The number of aromatic nitrogens is 1. The number of fused-ring (bicyclic) bond motifs is 1. The van der Waals surface area contributed by atoms with E-state index in [2.05, 4.69) is 9.72 Å². The van der Waals surface area contributed by atoms with Crippen LogP contribution < -0.4 is 9.46 Å². The molecule has 2 aromatic rings. The molecule has 0 bridgehead atoms. The number of aromatic amines is 1. The van der Waals surface area contributed by atoms with Crippen molar-refractivity contribution in [3.8, 4) is 5.75 Å². The highest BCUT2D eigenvalue weighted by molar-refractivity contribution is 7.92. The first-order valence-electron chi connectivity index (χ1n) is 8.02. The molecule has 5 nitrogen and oxygen atoms in total. The smallest absolute Gasteiger partial charge is 0.387 e. The molecule has 154 valence electrons. The van der Waals surface area contributed by atoms with Crippen molar-refractivity contribution in [2.75, 3.05) is 4.72 Å². The number of sulfonamides is 1. The van der Waals surface area contributed by atoms with E-state index in [1.165, 1.54) is 0 Å². The summed E-state index contributed by atoms with van der Waals surface area (Å²) in [6, 6.07) is 1.34. The molecule has 1 heterocycles. The van der Waals surface area contributed by atoms with Crippen LogP contribution in [0.4, 0.5) is 27.6 Å². The summed E-state index contributed by atoms with van der Waals surface area (Å²) in [5, 5.41) is -0.421. The van der Waals surface area contributed by atoms with E-state index in [9.17, 15) is 30.4 Å². The second-order valence-electron chi connectivity index (χ2n) is 6.19. The minimum absolute atomic E-state index is 0.00235. The number of anilines is 1. The summed E-state index contributed by atoms with van der Waals surface area (Å²) >= 11 is 5.72. The van der Waals surface area contributed by atoms with Gasteiger partial charge in [0.25, 0.3) is 10.0 Å². The molecule has 0 saturated carbocycles. The number of nitrogens with one attached hydrogen (secondary N) is 2. The first-order valence-corrected chi connectivity index (χ1v) is 9.88. The maximum Gasteiger partial charge on any atom is 0.387 e. The summed E-state index contributed by atoms with van der Waals surface area (Å²) in [5.74, 6) is -2.69. The van der Waals surface area contributed by atoms with E-state index < -0.39 is 51.3 Å². The van der Waals surface area contributed by atoms with Crippen molar-refractivity contribution in [2.45, 2.75) is 37.2 Å². The predicted molar refractivity (Wildman–Crippen MR) is 91.2 cm³/mol. The van der Waals surface area contributed by atoms with Gasteiger partial charge in [0.2, 0.25) is 6.43 Å². The lowest BCUT2D eigenvalue weighted by atomic mass is 9.88. The Morgan fingerprint density at radius 1 is 1.25 bits per heavy atom. The van der Waals surface area contributed by atoms with Gasteiger partial charge < -0.3 is 9.72 Å². The van der Waals surface area contributed by atoms with Crippen molar-refractivity contribution in [1.29, 1.82) is 0 Å². The monoisotopic (exact) mass is 444 g/mol. The second kappa shape index (κ2) is 7.78. The van der Waals surface area contributed by atoms with Gasteiger partial charge in [-0.2, -0.15) is 8.78 Å². The Balaban J connectivity index is 1.87. The Morgan fingerprint density at radius 2 is 1.96 bits per heavy atom. The topological polar surface area (TPSA) is 71.2 Å². The zero-order chi connectivity index (χ0) is 20.6. The van der Waals surface area contributed by atoms with Gasteiger partial charge in [-0.25, -0.2) is 21.6 Å². The molecule has 0 radical (unpaired) electrons. The Bertz CT molecular complexity index is 981. The Kier molecular flexibility index (Phi) is 5.76. The van der Waals surface area contributed by atoms with Crippen molar-refractivity contribution in [1.82, 2.24) is 4.98 Å². The summed E-state index contributed by atoms with van der Waals surface area (Å²) in [6.45, 7) is -3.23. The number of hydrogen-bond acceptors (Lipinski definition) is 3. The fourth-order valence-electron chi connectivity index (χ4n) is 3.07. The minimum Gasteiger partial charge on any atom is -0.433 e. The number of alkyl halides is 4. The van der Waals surface area contributed by atoms with Crippen molar-refractivity contribution < 1.29 is 35.1 Å². The van der Waals surface area contributed by atoms with E-state index in [0.717, 1.165) is 12.3 Å². The third-order valence-electron chi connectivity index (χ3n) is 4.40. The standard InChI is InChI=1S/C16H14ClF5N2O3S/c17-9-4-12(10(18)5-13(9)27-16(21)22)24-28(25,26)14-6-23-11-3-7(15(19)20)1-2-8(11)14/h4-7,15-16,23-24H,1-3H2. The molecule has 1 aromatic carbocycles. The highest BCUT2D eigenvalue weighted by Crippen LogP contribution is 2.35. The van der Waals surface area contributed by atoms with E-state index in [4.69, 9.17) is 11.6 Å². The highest BCUT2D eigenvalue weighted by Gasteiger charge is 2.32. The quantitative estimate of drug-likeness (QED) is 0.641. The van der Waals surface area contributed by atoms with Gasteiger partial charge in [-0.05, 0) is 30.9 Å². The molecule has 2 N–H and O–H groups in total. The summed E-state index contributed by atoms with van der Waals surface area (Å²) in [6.07, 6.45) is -1.13. The zero-order valence-electron chi connectivity index (χ0n) is 14.0. The molecule has 0 spiro atoms. The third kappa shape index (κ3) is 4.19. The number of ether oxygens (including phenoxy) is 1. The van der Waals surface area contributed by atoms with Gasteiger partial charge in [0, 0.05) is 23.9 Å². The van der Waals surface area contributed by atoms with E-state index in [0.29, 0.717) is 17.3 Å². The van der Waals surface area contributed by atoms with Crippen molar-refractivity contribution in [2.24, 2.45) is 5.92 Å². The van der Waals surface area contributed by atoms with Gasteiger partial charge >= 0.3 is 6.61 Å². The van der Waals surface area contributed by atoms with Crippen LogP contribution in [0.3, 0.4) is 0 Å². The molecule has 1 atom stereocenters. The molecule has 1 aliphatic carbocycles. The molecule has 1 aliphatic rings. The molecule has 0 saturated heterocycles. The predicted octanol–water partition coefficient (Wildman–Crippen LogP) is 4.58. The first-order chi connectivity index (χ1) is 13.1. The zero-order valence-corrected chi connectivity index (χ0v) is 15.6. The summed E-state index contributed by atoms with van der Waals surface area (Å²) in [5.41, 5.74) is 0.174. The van der Waals surface area contributed by atoms with Gasteiger partial charge in [0.05, 0.1) is 10.7 Å². The van der Waals surface area contributed by atoms with Crippen molar-refractivity contribution >= 4 is 27.3 Å². The normalized spacial score (nSPS) is 17.1. The summed E-state index contributed by atoms with van der Waals surface area (Å²) in [4.78, 5) is 2.49. The van der Waals surface area contributed by atoms with Crippen LogP contribution in [0.1, 0.15) is 17.7 Å². The van der Waals surface area contributed by atoms with E-state index in [-0.39, 0.29) is 24.2 Å². The lowest BCUT2D eigenvalue weighted by molar-refractivity contribution is -0.0499. The summed E-state index contributed by atoms with van der Waals surface area (Å²) < 4.78 is 95.7. The number of benzene rings is 1. The average molecular weight is 445 g/mol. The van der Waals surface area contributed by atoms with E-state index >= 15 is 0 Å². The molecule has 28 heavy (non-hydrogen) atoms. The lowest BCUT2D eigenvalue weighted by Gasteiger charge is -2.22. The molecule has 12 heteroatoms. The molecule has 0 fully saturated rings. The Hall–Kier alpha value is -2.01. The number of halogens is 6. The van der Waals surface area contributed by atoms with Gasteiger partial charge in [-0.1, -0.05) is 11.6 Å². The van der Waals surface area contributed by atoms with Gasteiger partial charge in [0.15, 0.2) is 5.82 Å². The van der Waals surface area contributed by atoms with Crippen LogP contribution in [-0.2, 0) is 22.9 Å². The first kappa shape index (κ1) is 20.7. The van der Waals surface area contributed by atoms with E-state index in [1.807, 2.05) is 4.72 Å². The van der Waals surface area contributed by atoms with Gasteiger partial charge in [-0.15, -0.1) is 0 Å². The van der Waals surface area contributed by atoms with Crippen LogP contribution in [0.5, 0.6) is 5.75 Å². The Labute approximate surface area is 161 Å². The maximum absolute atomic E-state index is 14.1. The van der Waals surface area contributed by atoms with Crippen LogP contribution >= 0.6 is 11.6 Å². The number of rotatable bonds is 6. The molecule has 3 rings (SSSR count). The molecule has 0 amide bonds. The van der Waals surface area contributed by atoms with E-state index in [1.54, 1.807) is 0 Å². The summed E-state index contributed by atoms with van der Waals surface area (Å²) in [7, 11) is -4.28. The SMILES string of the molecule is O=S(=O)(Nc1cc(Cl)c(OC(F)F)cc1F)c1c[nH]c2c1CCC(C(F)F)C2. The minimum atomic E-state index is -4.28. The van der Waals surface area contributed by atoms with Crippen molar-refractivity contribution in [3.63, 3.8) is 0 Å². The van der Waals surface area contributed by atoms with Crippen LogP contribution in [0.2, 0.25) is 5.02 Å². The fourth-order valence-corrected chi connectivity index (χ4v) is 4.60. The second-order valence-corrected chi connectivity index (χ2v) is 8.25. The van der Waals surface area contributed by atoms with Crippen molar-refractivity contribution in [3.05, 3.63) is 40.4 Å². The largest absolute Gasteiger partial charge is 0.433 e. The Morgan fingerprint density at radius 3 is 2.61 bits per heavy atom. The molecule has 1 aromatic heterocycles. The number of hydrogen-bond donors (Lipinski definition) is 2. The lowest BCUT2D eigenvalue weighted by Crippen LogP contribution is -2.22. The van der Waals surface area contributed by atoms with Gasteiger partial charge in [0.1, 0.15) is 10.6 Å². The van der Waals surface area contributed by atoms with Crippen LogP contribution in [0.15, 0.2) is 23.2 Å². The molecular weight excluding hydrogens is 431 g/mol. The van der Waals surface area contributed by atoms with Crippen LogP contribution in [0.25, 0.3) is 0 Å². The molecule has 0 aliphatic heterocycles. The number of H-pyrrole nitrogens is 1. The van der Waals surface area contributed by atoms with Gasteiger partial charge in [-0.3, -0.25) is 4.72 Å². The molecule has 1 unspecified atom stereocenters. The highest BCUT2D eigenvalue weighted by atomic mass is 35.5. The fraction of sp³-hybridized carbons (Fsp3) is 0.375. The molecular formula is C16H14ClF5N2O3S. The maximum atomic E-state index is 14.1. The van der Waals surface area contributed by atoms with Crippen LogP contribution in [0, 0.1) is 11.7 Å². The third-order valence-corrected chi connectivity index (χ3v) is 6.13. The average Bonchev–Trinajstić information content (AvgIpc) is 3.02.